The molecule has 0 spiro atoms. The van der Waals surface area contributed by atoms with Crippen LogP contribution in [0, 0.1) is 0 Å². The largest absolute Gasteiger partial charge is 0.372 e. The Morgan fingerprint density at radius 1 is 1.62 bits per heavy atom. The van der Waals surface area contributed by atoms with E-state index in [1.54, 1.807) is 0 Å². The van der Waals surface area contributed by atoms with Gasteiger partial charge in [0.05, 0.1) is 6.04 Å². The van der Waals surface area contributed by atoms with Gasteiger partial charge in [0.25, 0.3) is 5.89 Å². The Morgan fingerprint density at radius 2 is 2.38 bits per heavy atom. The highest BCUT2D eigenvalue weighted by Gasteiger charge is 2.09. The molecule has 13 heavy (non-hydrogen) atoms. The predicted octanol–water partition coefficient (Wildman–Crippen LogP) is 1.02. The highest BCUT2D eigenvalue weighted by molar-refractivity contribution is 4.89. The van der Waals surface area contributed by atoms with E-state index in [0.717, 1.165) is 6.42 Å². The molecule has 0 aliphatic carbocycles. The molecule has 0 amide bonds. The first kappa shape index (κ1) is 10.1. The Hall–Kier alpha value is -0.940. The highest BCUT2D eigenvalue weighted by atomic mass is 16.5. The predicted molar refractivity (Wildman–Crippen MR) is 46.8 cm³/mol. The SMILES string of the molecule is CCCOCc1nc(C(C)N)no1. The van der Waals surface area contributed by atoms with Crippen LogP contribution in [-0.2, 0) is 11.3 Å². The summed E-state index contributed by atoms with van der Waals surface area (Å²) in [5.41, 5.74) is 5.56. The summed E-state index contributed by atoms with van der Waals surface area (Å²) >= 11 is 0. The van der Waals surface area contributed by atoms with Gasteiger partial charge in [-0.15, -0.1) is 0 Å². The van der Waals surface area contributed by atoms with Crippen molar-refractivity contribution in [3.63, 3.8) is 0 Å². The summed E-state index contributed by atoms with van der Waals surface area (Å²) < 4.78 is 10.1. The van der Waals surface area contributed by atoms with Crippen molar-refractivity contribution in [3.8, 4) is 0 Å². The van der Waals surface area contributed by atoms with Crippen LogP contribution in [0.2, 0.25) is 0 Å². The molecule has 0 aromatic carbocycles. The van der Waals surface area contributed by atoms with Gasteiger partial charge in [0.1, 0.15) is 6.61 Å². The number of hydrogen-bond acceptors (Lipinski definition) is 5. The van der Waals surface area contributed by atoms with Gasteiger partial charge in [-0.3, -0.25) is 0 Å². The van der Waals surface area contributed by atoms with Crippen LogP contribution < -0.4 is 5.73 Å². The van der Waals surface area contributed by atoms with Crippen LogP contribution in [0.1, 0.15) is 38.0 Å². The maximum absolute atomic E-state index is 5.56. The first-order chi connectivity index (χ1) is 6.24. The molecular formula is C8H15N3O2. The fourth-order valence-electron chi connectivity index (χ4n) is 0.815. The molecule has 0 saturated heterocycles. The van der Waals surface area contributed by atoms with Gasteiger partial charge in [0.15, 0.2) is 5.82 Å². The van der Waals surface area contributed by atoms with E-state index >= 15 is 0 Å². The smallest absolute Gasteiger partial charge is 0.252 e. The van der Waals surface area contributed by atoms with Gasteiger partial charge in [-0.1, -0.05) is 12.1 Å². The Bertz CT molecular complexity index is 247. The molecular weight excluding hydrogens is 170 g/mol. The summed E-state index contributed by atoms with van der Waals surface area (Å²) in [5, 5.41) is 3.70. The van der Waals surface area contributed by atoms with Crippen molar-refractivity contribution in [2.75, 3.05) is 6.61 Å². The van der Waals surface area contributed by atoms with Crippen molar-refractivity contribution in [2.24, 2.45) is 5.73 Å². The van der Waals surface area contributed by atoms with Crippen molar-refractivity contribution in [2.45, 2.75) is 32.9 Å². The molecule has 0 radical (unpaired) electrons. The van der Waals surface area contributed by atoms with E-state index in [4.69, 9.17) is 15.0 Å². The molecule has 1 rings (SSSR count). The van der Waals surface area contributed by atoms with Gasteiger partial charge >= 0.3 is 0 Å². The quantitative estimate of drug-likeness (QED) is 0.693. The fourth-order valence-corrected chi connectivity index (χ4v) is 0.815. The van der Waals surface area contributed by atoms with Crippen molar-refractivity contribution < 1.29 is 9.26 Å². The second kappa shape index (κ2) is 4.94. The standard InChI is InChI=1S/C8H15N3O2/c1-3-4-12-5-7-10-8(6(2)9)11-13-7/h6H,3-5,9H2,1-2H3. The van der Waals surface area contributed by atoms with Crippen molar-refractivity contribution in [1.82, 2.24) is 10.1 Å². The molecule has 0 bridgehead atoms. The number of nitrogens with two attached hydrogens (primary N) is 1. The summed E-state index contributed by atoms with van der Waals surface area (Å²) in [6.45, 7) is 4.92. The van der Waals surface area contributed by atoms with Crippen LogP contribution in [0.5, 0.6) is 0 Å². The Kier molecular flexibility index (Phi) is 3.85. The molecule has 1 unspecified atom stereocenters. The zero-order valence-corrected chi connectivity index (χ0v) is 7.99. The van der Waals surface area contributed by atoms with Gasteiger partial charge in [0.2, 0.25) is 0 Å². The number of hydrogen-bond donors (Lipinski definition) is 1. The number of aromatic nitrogens is 2. The lowest BCUT2D eigenvalue weighted by atomic mass is 10.3. The summed E-state index contributed by atoms with van der Waals surface area (Å²) in [6.07, 6.45) is 0.980. The summed E-state index contributed by atoms with van der Waals surface area (Å²) in [6, 6.07) is -0.191. The van der Waals surface area contributed by atoms with Gasteiger partial charge in [-0.05, 0) is 13.3 Å². The minimum atomic E-state index is -0.191. The second-order valence-corrected chi connectivity index (χ2v) is 2.89. The molecule has 5 nitrogen and oxygen atoms in total. The third-order valence-corrected chi connectivity index (χ3v) is 1.47. The topological polar surface area (TPSA) is 74.2 Å². The number of rotatable bonds is 5. The maximum atomic E-state index is 5.56. The summed E-state index contributed by atoms with van der Waals surface area (Å²) in [5.74, 6) is 1.01. The van der Waals surface area contributed by atoms with Gasteiger partial charge in [-0.25, -0.2) is 0 Å². The van der Waals surface area contributed by atoms with E-state index in [1.165, 1.54) is 0 Å². The zero-order valence-electron chi connectivity index (χ0n) is 7.99. The van der Waals surface area contributed by atoms with Crippen LogP contribution in [0.25, 0.3) is 0 Å². The molecule has 0 saturated carbocycles. The minimum absolute atomic E-state index is 0.191. The van der Waals surface area contributed by atoms with Crippen LogP contribution in [0.15, 0.2) is 4.52 Å². The molecule has 1 atom stereocenters. The first-order valence-corrected chi connectivity index (χ1v) is 4.39. The molecule has 1 aromatic rings. The van der Waals surface area contributed by atoms with E-state index in [2.05, 4.69) is 10.1 Å². The lowest BCUT2D eigenvalue weighted by Gasteiger charge is -1.96. The fraction of sp³-hybridized carbons (Fsp3) is 0.750. The van der Waals surface area contributed by atoms with E-state index in [1.807, 2.05) is 13.8 Å². The van der Waals surface area contributed by atoms with Crippen molar-refractivity contribution in [1.29, 1.82) is 0 Å². The van der Waals surface area contributed by atoms with E-state index in [9.17, 15) is 0 Å². The molecule has 74 valence electrons. The molecule has 0 fully saturated rings. The Labute approximate surface area is 77.3 Å². The van der Waals surface area contributed by atoms with Gasteiger partial charge < -0.3 is 15.0 Å². The van der Waals surface area contributed by atoms with Crippen LogP contribution >= 0.6 is 0 Å². The molecule has 0 aliphatic heterocycles. The normalized spacial score (nSPS) is 13.2. The lowest BCUT2D eigenvalue weighted by molar-refractivity contribution is 0.0981. The number of nitrogens with zero attached hydrogens (tertiary/aromatic N) is 2. The molecule has 1 heterocycles. The van der Waals surface area contributed by atoms with E-state index in [-0.39, 0.29) is 6.04 Å². The van der Waals surface area contributed by atoms with Gasteiger partial charge in [-0.2, -0.15) is 4.98 Å². The van der Waals surface area contributed by atoms with Crippen LogP contribution in [-0.4, -0.2) is 16.7 Å². The summed E-state index contributed by atoms with van der Waals surface area (Å²) in [4.78, 5) is 4.05. The molecule has 5 heteroatoms. The zero-order chi connectivity index (χ0) is 9.68. The Balaban J connectivity index is 2.40. The minimum Gasteiger partial charge on any atom is -0.372 e. The van der Waals surface area contributed by atoms with Crippen LogP contribution in [0.3, 0.4) is 0 Å². The number of ether oxygens (including phenoxy) is 1. The average Bonchev–Trinajstić information content (AvgIpc) is 2.53. The van der Waals surface area contributed by atoms with E-state index < -0.39 is 0 Å². The first-order valence-electron chi connectivity index (χ1n) is 4.39. The highest BCUT2D eigenvalue weighted by Crippen LogP contribution is 2.05. The Morgan fingerprint density at radius 3 is 2.92 bits per heavy atom. The van der Waals surface area contributed by atoms with Crippen molar-refractivity contribution in [3.05, 3.63) is 11.7 Å². The lowest BCUT2D eigenvalue weighted by Crippen LogP contribution is -2.07. The van der Waals surface area contributed by atoms with Gasteiger partial charge in [0, 0.05) is 6.61 Å². The third-order valence-electron chi connectivity index (χ3n) is 1.47. The van der Waals surface area contributed by atoms with Crippen molar-refractivity contribution >= 4 is 0 Å². The summed E-state index contributed by atoms with van der Waals surface area (Å²) in [7, 11) is 0. The molecule has 1 aromatic heterocycles. The third kappa shape index (κ3) is 3.12. The average molecular weight is 185 g/mol. The van der Waals surface area contributed by atoms with Crippen LogP contribution in [0.4, 0.5) is 0 Å². The second-order valence-electron chi connectivity index (χ2n) is 2.89. The monoisotopic (exact) mass is 185 g/mol. The maximum Gasteiger partial charge on any atom is 0.252 e. The molecule has 2 N–H and O–H groups in total. The molecule has 0 aliphatic rings. The van der Waals surface area contributed by atoms with E-state index in [0.29, 0.717) is 24.9 Å².